The highest BCUT2D eigenvalue weighted by atomic mass is 32.1. The molecule has 1 fully saturated rings. The van der Waals surface area contributed by atoms with Gasteiger partial charge in [0.2, 0.25) is 0 Å². The van der Waals surface area contributed by atoms with Crippen molar-refractivity contribution in [2.45, 2.75) is 25.8 Å². The van der Waals surface area contributed by atoms with Crippen LogP contribution in [0.25, 0.3) is 0 Å². The largest absolute Gasteiger partial charge is 0.356 e. The SMILES string of the molecule is CN=C(NCC(C)Cc1cccs1)NC1CCN(c2ncccc2F)C1. The molecule has 3 rings (SSSR count). The fourth-order valence-electron chi connectivity index (χ4n) is 3.18. The van der Waals surface area contributed by atoms with Crippen molar-refractivity contribution in [3.8, 4) is 0 Å². The maximum atomic E-state index is 13.9. The number of thiophene rings is 1. The van der Waals surface area contributed by atoms with Crippen LogP contribution in [0.5, 0.6) is 0 Å². The standard InChI is InChI=1S/C19H26FN5S/c1-14(11-16-5-4-10-26-16)12-23-19(21-2)24-15-7-9-25(13-15)18-17(20)6-3-8-22-18/h3-6,8,10,14-15H,7,9,11-13H2,1-2H3,(H2,21,23,24). The van der Waals surface area contributed by atoms with Crippen LogP contribution in [-0.4, -0.2) is 43.7 Å². The van der Waals surface area contributed by atoms with Crippen molar-refractivity contribution in [1.82, 2.24) is 15.6 Å². The van der Waals surface area contributed by atoms with Crippen molar-refractivity contribution in [1.29, 1.82) is 0 Å². The molecular formula is C19H26FN5S. The lowest BCUT2D eigenvalue weighted by molar-refractivity contribution is 0.554. The van der Waals surface area contributed by atoms with E-state index in [1.165, 1.54) is 10.9 Å². The Morgan fingerprint density at radius 3 is 3.08 bits per heavy atom. The van der Waals surface area contributed by atoms with Crippen molar-refractivity contribution in [3.63, 3.8) is 0 Å². The number of hydrogen-bond donors (Lipinski definition) is 2. The number of hydrogen-bond acceptors (Lipinski definition) is 4. The number of guanidine groups is 1. The summed E-state index contributed by atoms with van der Waals surface area (Å²) in [6.07, 6.45) is 3.63. The van der Waals surface area contributed by atoms with Crippen molar-refractivity contribution in [2.75, 3.05) is 31.6 Å². The zero-order valence-electron chi connectivity index (χ0n) is 15.3. The zero-order valence-corrected chi connectivity index (χ0v) is 16.1. The number of nitrogens with one attached hydrogen (secondary N) is 2. The second-order valence-electron chi connectivity index (χ2n) is 6.73. The highest BCUT2D eigenvalue weighted by molar-refractivity contribution is 7.09. The van der Waals surface area contributed by atoms with E-state index < -0.39 is 0 Å². The van der Waals surface area contributed by atoms with E-state index in [4.69, 9.17) is 0 Å². The summed E-state index contributed by atoms with van der Waals surface area (Å²) in [5, 5.41) is 8.98. The molecule has 0 aliphatic carbocycles. The highest BCUT2D eigenvalue weighted by Crippen LogP contribution is 2.20. The molecular weight excluding hydrogens is 349 g/mol. The zero-order chi connectivity index (χ0) is 18.4. The molecule has 0 radical (unpaired) electrons. The smallest absolute Gasteiger partial charge is 0.191 e. The molecule has 3 heterocycles. The van der Waals surface area contributed by atoms with Gasteiger partial charge in [0, 0.05) is 43.8 Å². The number of aromatic nitrogens is 1. The Morgan fingerprint density at radius 2 is 2.35 bits per heavy atom. The molecule has 0 bridgehead atoms. The van der Waals surface area contributed by atoms with Crippen LogP contribution in [0, 0.1) is 11.7 Å². The fourth-order valence-corrected chi connectivity index (χ4v) is 4.05. The minimum atomic E-state index is -0.266. The topological polar surface area (TPSA) is 52.6 Å². The first-order valence-corrected chi connectivity index (χ1v) is 9.88. The Morgan fingerprint density at radius 1 is 1.46 bits per heavy atom. The highest BCUT2D eigenvalue weighted by Gasteiger charge is 2.25. The molecule has 1 saturated heterocycles. The van der Waals surface area contributed by atoms with E-state index in [0.717, 1.165) is 38.4 Å². The molecule has 140 valence electrons. The normalized spacial score (nSPS) is 18.8. The molecule has 7 heteroatoms. The molecule has 1 aliphatic rings. The maximum Gasteiger partial charge on any atom is 0.191 e. The van der Waals surface area contributed by atoms with E-state index in [0.29, 0.717) is 11.7 Å². The molecule has 26 heavy (non-hydrogen) atoms. The Balaban J connectivity index is 1.46. The molecule has 5 nitrogen and oxygen atoms in total. The van der Waals surface area contributed by atoms with E-state index in [9.17, 15) is 4.39 Å². The van der Waals surface area contributed by atoms with Gasteiger partial charge in [-0.1, -0.05) is 13.0 Å². The molecule has 2 unspecified atom stereocenters. The first kappa shape index (κ1) is 18.6. The van der Waals surface area contributed by atoms with Gasteiger partial charge in [0.1, 0.15) is 0 Å². The van der Waals surface area contributed by atoms with Crippen LogP contribution in [0.1, 0.15) is 18.2 Å². The third-order valence-electron chi connectivity index (χ3n) is 4.54. The number of nitrogens with zero attached hydrogens (tertiary/aromatic N) is 3. The lowest BCUT2D eigenvalue weighted by Gasteiger charge is -2.21. The van der Waals surface area contributed by atoms with Crippen molar-refractivity contribution >= 4 is 23.1 Å². The van der Waals surface area contributed by atoms with Gasteiger partial charge in [-0.25, -0.2) is 9.37 Å². The minimum Gasteiger partial charge on any atom is -0.356 e. The van der Waals surface area contributed by atoms with Gasteiger partial charge >= 0.3 is 0 Å². The Hall–Kier alpha value is -2.15. The van der Waals surface area contributed by atoms with Gasteiger partial charge in [-0.3, -0.25) is 4.99 Å². The van der Waals surface area contributed by atoms with Crippen LogP contribution in [-0.2, 0) is 6.42 Å². The molecule has 0 aromatic carbocycles. The summed E-state index contributed by atoms with van der Waals surface area (Å²) in [4.78, 5) is 11.9. The van der Waals surface area contributed by atoms with Crippen molar-refractivity contribution in [2.24, 2.45) is 10.9 Å². The third-order valence-corrected chi connectivity index (χ3v) is 5.44. The number of halogens is 1. The molecule has 0 saturated carbocycles. The lowest BCUT2D eigenvalue weighted by atomic mass is 10.1. The van der Waals surface area contributed by atoms with E-state index in [2.05, 4.69) is 45.0 Å². The average molecular weight is 376 g/mol. The number of rotatable bonds is 6. The third kappa shape index (κ3) is 4.94. The van der Waals surface area contributed by atoms with Crippen LogP contribution in [0.4, 0.5) is 10.2 Å². The van der Waals surface area contributed by atoms with Crippen LogP contribution in [0.15, 0.2) is 40.8 Å². The Kier molecular flexibility index (Phi) is 6.44. The van der Waals surface area contributed by atoms with E-state index in [1.54, 1.807) is 30.6 Å². The molecule has 2 N–H and O–H groups in total. The van der Waals surface area contributed by atoms with Crippen LogP contribution < -0.4 is 15.5 Å². The molecule has 2 atom stereocenters. The lowest BCUT2D eigenvalue weighted by Crippen LogP contribution is -2.45. The maximum absolute atomic E-state index is 13.9. The number of aliphatic imine (C=N–C) groups is 1. The van der Waals surface area contributed by atoms with Crippen LogP contribution >= 0.6 is 11.3 Å². The average Bonchev–Trinajstić information content (AvgIpc) is 3.31. The predicted molar refractivity (Wildman–Crippen MR) is 106 cm³/mol. The summed E-state index contributed by atoms with van der Waals surface area (Å²) in [5.74, 6) is 1.49. The second-order valence-corrected chi connectivity index (χ2v) is 7.76. The van der Waals surface area contributed by atoms with Crippen LogP contribution in [0.3, 0.4) is 0 Å². The Labute approximate surface area is 158 Å². The molecule has 0 spiro atoms. The van der Waals surface area contributed by atoms with Gasteiger partial charge in [0.15, 0.2) is 17.6 Å². The fraction of sp³-hybridized carbons (Fsp3) is 0.474. The first-order valence-electron chi connectivity index (χ1n) is 9.00. The van der Waals surface area contributed by atoms with Crippen molar-refractivity contribution in [3.05, 3.63) is 46.5 Å². The van der Waals surface area contributed by atoms with Gasteiger partial charge in [-0.15, -0.1) is 11.3 Å². The van der Waals surface area contributed by atoms with Gasteiger partial charge in [0.05, 0.1) is 0 Å². The van der Waals surface area contributed by atoms with E-state index >= 15 is 0 Å². The van der Waals surface area contributed by atoms with Crippen LogP contribution in [0.2, 0.25) is 0 Å². The molecule has 2 aromatic heterocycles. The van der Waals surface area contributed by atoms with E-state index in [-0.39, 0.29) is 11.9 Å². The predicted octanol–water partition coefficient (Wildman–Crippen LogP) is 2.90. The monoisotopic (exact) mass is 375 g/mol. The number of anilines is 1. The van der Waals surface area contributed by atoms with E-state index in [1.807, 2.05) is 4.90 Å². The van der Waals surface area contributed by atoms with Gasteiger partial charge in [-0.05, 0) is 42.3 Å². The summed E-state index contributed by atoms with van der Waals surface area (Å²) in [6, 6.07) is 7.58. The van der Waals surface area contributed by atoms with Crippen molar-refractivity contribution < 1.29 is 4.39 Å². The molecule has 0 amide bonds. The summed E-state index contributed by atoms with van der Waals surface area (Å²) in [6.45, 7) is 4.61. The summed E-state index contributed by atoms with van der Waals surface area (Å²) < 4.78 is 13.9. The quantitative estimate of drug-likeness (QED) is 0.602. The van der Waals surface area contributed by atoms with Gasteiger partial charge in [0.25, 0.3) is 0 Å². The summed E-state index contributed by atoms with van der Waals surface area (Å²) in [7, 11) is 1.78. The Bertz CT molecular complexity index is 718. The van der Waals surface area contributed by atoms with Gasteiger partial charge < -0.3 is 15.5 Å². The summed E-state index contributed by atoms with van der Waals surface area (Å²) in [5.41, 5.74) is 0. The minimum absolute atomic E-state index is 0.232. The number of pyridine rings is 1. The first-order chi connectivity index (χ1) is 12.7. The second kappa shape index (κ2) is 8.98. The van der Waals surface area contributed by atoms with Gasteiger partial charge in [-0.2, -0.15) is 0 Å². The summed E-state index contributed by atoms with van der Waals surface area (Å²) >= 11 is 1.80. The molecule has 2 aromatic rings. The molecule has 1 aliphatic heterocycles.